The fourth-order valence-corrected chi connectivity index (χ4v) is 3.82. The number of halogens is 3. The molecule has 158 valence electrons. The molecule has 1 fully saturated rings. The number of hydrogen-bond donors (Lipinski definition) is 0. The van der Waals surface area contributed by atoms with Crippen molar-refractivity contribution in [2.75, 3.05) is 31.1 Å². The molecule has 1 saturated heterocycles. The zero-order chi connectivity index (χ0) is 21.3. The highest BCUT2D eigenvalue weighted by molar-refractivity contribution is 5.80. The number of alkyl halides is 3. The molecule has 4 rings (SSSR count). The lowest BCUT2D eigenvalue weighted by molar-refractivity contribution is -0.274. The number of aromatic nitrogens is 2. The van der Waals surface area contributed by atoms with Crippen LogP contribution in [0.2, 0.25) is 0 Å². The maximum atomic E-state index is 12.6. The third-order valence-corrected chi connectivity index (χ3v) is 5.35. The molecular weight excluding hydrogens is 397 g/mol. The van der Waals surface area contributed by atoms with Crippen LogP contribution in [-0.4, -0.2) is 53.3 Å². The second-order valence-electron chi connectivity index (χ2n) is 7.35. The van der Waals surface area contributed by atoms with Gasteiger partial charge >= 0.3 is 6.36 Å². The number of anilines is 1. The van der Waals surface area contributed by atoms with E-state index < -0.39 is 6.36 Å². The molecule has 0 atom stereocenters. The van der Waals surface area contributed by atoms with Crippen LogP contribution in [0, 0.1) is 0 Å². The van der Waals surface area contributed by atoms with E-state index in [2.05, 4.69) is 32.6 Å². The van der Waals surface area contributed by atoms with E-state index in [9.17, 15) is 18.0 Å². The van der Waals surface area contributed by atoms with Crippen LogP contribution in [0.1, 0.15) is 23.7 Å². The normalized spacial score (nSPS) is 16.3. The summed E-state index contributed by atoms with van der Waals surface area (Å²) in [5.41, 5.74) is 3.95. The molecule has 9 heteroatoms. The summed E-state index contributed by atoms with van der Waals surface area (Å²) in [6.07, 6.45) is -0.0356. The predicted octanol–water partition coefficient (Wildman–Crippen LogP) is 3.23. The average Bonchev–Trinajstić information content (AvgIpc) is 3.10. The van der Waals surface area contributed by atoms with Gasteiger partial charge in [-0.1, -0.05) is 18.2 Å². The number of rotatable bonds is 4. The van der Waals surface area contributed by atoms with Crippen molar-refractivity contribution in [2.45, 2.75) is 26.1 Å². The number of piperazine rings is 1. The zero-order valence-electron chi connectivity index (χ0n) is 16.4. The Kier molecular flexibility index (Phi) is 5.36. The van der Waals surface area contributed by atoms with Crippen LogP contribution < -0.4 is 9.64 Å². The molecule has 2 aromatic rings. The standard InChI is InChI=1S/C21H21F3N4O2/c1-14-2-7-17-19(14)20(26-13-25-17)28-10-8-27(9-11-28)18(29)12-15-3-5-16(6-4-15)30-21(22,23)24/h2-6,13H,7-12H2,1H3. The Bertz CT molecular complexity index is 965. The number of carbonyl (C=O) groups is 1. The van der Waals surface area contributed by atoms with Gasteiger partial charge in [-0.05, 0) is 30.2 Å². The van der Waals surface area contributed by atoms with Crippen molar-refractivity contribution in [3.63, 3.8) is 0 Å². The number of allylic oxidation sites excluding steroid dienone is 2. The Balaban J connectivity index is 1.34. The van der Waals surface area contributed by atoms with Crippen molar-refractivity contribution in [3.05, 3.63) is 53.5 Å². The molecule has 1 aromatic carbocycles. The number of fused-ring (bicyclic) bond motifs is 1. The zero-order valence-corrected chi connectivity index (χ0v) is 16.4. The first-order chi connectivity index (χ1) is 14.3. The lowest BCUT2D eigenvalue weighted by Crippen LogP contribution is -2.49. The number of nitrogens with zero attached hydrogens (tertiary/aromatic N) is 4. The molecule has 6 nitrogen and oxygen atoms in total. The Morgan fingerprint density at radius 1 is 1.10 bits per heavy atom. The number of amides is 1. The quantitative estimate of drug-likeness (QED) is 0.763. The molecule has 2 aliphatic rings. The number of ether oxygens (including phenoxy) is 1. The molecular formula is C21H21F3N4O2. The third-order valence-electron chi connectivity index (χ3n) is 5.35. The van der Waals surface area contributed by atoms with Gasteiger partial charge in [-0.25, -0.2) is 9.97 Å². The van der Waals surface area contributed by atoms with Gasteiger partial charge in [0.05, 0.1) is 12.1 Å². The fourth-order valence-electron chi connectivity index (χ4n) is 3.82. The number of hydrogen-bond acceptors (Lipinski definition) is 5. The first-order valence-corrected chi connectivity index (χ1v) is 9.68. The summed E-state index contributed by atoms with van der Waals surface area (Å²) in [4.78, 5) is 25.4. The summed E-state index contributed by atoms with van der Waals surface area (Å²) in [5, 5.41) is 0. The van der Waals surface area contributed by atoms with Crippen LogP contribution in [-0.2, 0) is 17.6 Å². The first kappa shape index (κ1) is 20.2. The van der Waals surface area contributed by atoms with Crippen molar-refractivity contribution < 1.29 is 22.7 Å². The van der Waals surface area contributed by atoms with E-state index in [0.717, 1.165) is 23.5 Å². The molecule has 0 saturated carbocycles. The van der Waals surface area contributed by atoms with Gasteiger partial charge in [-0.3, -0.25) is 4.79 Å². The summed E-state index contributed by atoms with van der Waals surface area (Å²) in [6.45, 7) is 4.52. The van der Waals surface area contributed by atoms with E-state index in [1.807, 2.05) is 0 Å². The molecule has 1 aliphatic carbocycles. The van der Waals surface area contributed by atoms with E-state index in [1.54, 1.807) is 11.2 Å². The van der Waals surface area contributed by atoms with Gasteiger partial charge in [0, 0.05) is 38.2 Å². The van der Waals surface area contributed by atoms with Gasteiger partial charge < -0.3 is 14.5 Å². The second kappa shape index (κ2) is 7.97. The molecule has 0 bridgehead atoms. The van der Waals surface area contributed by atoms with Crippen LogP contribution in [0.4, 0.5) is 19.0 Å². The fraction of sp³-hybridized carbons (Fsp3) is 0.381. The van der Waals surface area contributed by atoms with Crippen LogP contribution in [0.15, 0.2) is 36.7 Å². The lowest BCUT2D eigenvalue weighted by atomic mass is 10.1. The Morgan fingerprint density at radius 2 is 1.80 bits per heavy atom. The van der Waals surface area contributed by atoms with Crippen LogP contribution >= 0.6 is 0 Å². The molecule has 0 unspecified atom stereocenters. The van der Waals surface area contributed by atoms with Crippen molar-refractivity contribution in [2.24, 2.45) is 0 Å². The van der Waals surface area contributed by atoms with Crippen molar-refractivity contribution in [3.8, 4) is 5.75 Å². The molecule has 1 amide bonds. The SMILES string of the molecule is CC1=CCc2ncnc(N3CCN(C(=O)Cc4ccc(OC(F)(F)F)cc4)CC3)c21. The van der Waals surface area contributed by atoms with E-state index in [1.165, 1.54) is 29.8 Å². The highest BCUT2D eigenvalue weighted by atomic mass is 19.4. The summed E-state index contributed by atoms with van der Waals surface area (Å²) >= 11 is 0. The maximum absolute atomic E-state index is 12.6. The second-order valence-corrected chi connectivity index (χ2v) is 7.35. The maximum Gasteiger partial charge on any atom is 0.573 e. The summed E-state index contributed by atoms with van der Waals surface area (Å²) in [6, 6.07) is 5.40. The van der Waals surface area contributed by atoms with Gasteiger partial charge in [0.1, 0.15) is 17.9 Å². The minimum absolute atomic E-state index is 0.0527. The molecule has 30 heavy (non-hydrogen) atoms. The number of benzene rings is 1. The summed E-state index contributed by atoms with van der Waals surface area (Å²) in [7, 11) is 0. The van der Waals surface area contributed by atoms with Gasteiger partial charge in [0.25, 0.3) is 0 Å². The minimum Gasteiger partial charge on any atom is -0.406 e. The average molecular weight is 418 g/mol. The highest BCUT2D eigenvalue weighted by Gasteiger charge is 2.31. The molecule has 0 N–H and O–H groups in total. The van der Waals surface area contributed by atoms with Gasteiger partial charge in [-0.2, -0.15) is 0 Å². The van der Waals surface area contributed by atoms with Gasteiger partial charge in [0.15, 0.2) is 0 Å². The van der Waals surface area contributed by atoms with Crippen LogP contribution in [0.3, 0.4) is 0 Å². The highest BCUT2D eigenvalue weighted by Crippen LogP contribution is 2.33. The third kappa shape index (κ3) is 4.39. The Hall–Kier alpha value is -3.10. The van der Waals surface area contributed by atoms with Crippen LogP contribution in [0.5, 0.6) is 5.75 Å². The molecule has 0 radical (unpaired) electrons. The van der Waals surface area contributed by atoms with E-state index >= 15 is 0 Å². The molecule has 0 spiro atoms. The van der Waals surface area contributed by atoms with Crippen molar-refractivity contribution in [1.29, 1.82) is 0 Å². The van der Waals surface area contributed by atoms with E-state index in [-0.39, 0.29) is 18.1 Å². The first-order valence-electron chi connectivity index (χ1n) is 9.68. The largest absolute Gasteiger partial charge is 0.573 e. The number of carbonyl (C=O) groups excluding carboxylic acids is 1. The van der Waals surface area contributed by atoms with Gasteiger partial charge in [0.2, 0.25) is 5.91 Å². The predicted molar refractivity (Wildman–Crippen MR) is 105 cm³/mol. The molecule has 2 heterocycles. The minimum atomic E-state index is -4.73. The topological polar surface area (TPSA) is 58.6 Å². The van der Waals surface area contributed by atoms with Gasteiger partial charge in [-0.15, -0.1) is 13.2 Å². The summed E-state index contributed by atoms with van der Waals surface area (Å²) in [5.74, 6) is 0.566. The van der Waals surface area contributed by atoms with Crippen LogP contribution in [0.25, 0.3) is 5.57 Å². The van der Waals surface area contributed by atoms with E-state index in [4.69, 9.17) is 0 Å². The Morgan fingerprint density at radius 3 is 2.47 bits per heavy atom. The van der Waals surface area contributed by atoms with Crippen molar-refractivity contribution in [1.82, 2.24) is 14.9 Å². The smallest absolute Gasteiger partial charge is 0.406 e. The van der Waals surface area contributed by atoms with Crippen molar-refractivity contribution >= 4 is 17.3 Å². The Labute approximate surface area is 172 Å². The van der Waals surface area contributed by atoms with E-state index in [0.29, 0.717) is 31.7 Å². The monoisotopic (exact) mass is 418 g/mol. The molecule has 1 aliphatic heterocycles. The molecule has 1 aromatic heterocycles. The lowest BCUT2D eigenvalue weighted by Gasteiger charge is -2.36. The summed E-state index contributed by atoms with van der Waals surface area (Å²) < 4.78 is 40.6.